The van der Waals surface area contributed by atoms with E-state index in [2.05, 4.69) is 4.74 Å². The Labute approximate surface area is 60.2 Å². The van der Waals surface area contributed by atoms with E-state index >= 15 is 0 Å². The first-order chi connectivity index (χ1) is 4.70. The topological polar surface area (TPSA) is 50.2 Å². The summed E-state index contributed by atoms with van der Waals surface area (Å²) in [6, 6.07) is 0. The fourth-order valence-corrected chi connectivity index (χ4v) is 0.355. The molecule has 3 nitrogen and oxygen atoms in total. The third-order valence-electron chi connectivity index (χ3n) is 1.00. The maximum absolute atomic E-state index is 10.4. The van der Waals surface area contributed by atoms with Crippen LogP contribution in [0.1, 0.15) is 13.3 Å². The van der Waals surface area contributed by atoms with E-state index in [-0.39, 0.29) is 0 Å². The van der Waals surface area contributed by atoms with Gasteiger partial charge in [0.15, 0.2) is 0 Å². The maximum atomic E-state index is 10.4. The van der Waals surface area contributed by atoms with Crippen molar-refractivity contribution in [3.05, 3.63) is 12.2 Å². The Bertz CT molecular complexity index is 143. The lowest BCUT2D eigenvalue weighted by atomic mass is 10.3. The highest BCUT2D eigenvalue weighted by atomic mass is 16.5. The van der Waals surface area contributed by atoms with Crippen LogP contribution in [0.2, 0.25) is 0 Å². The Balaban J connectivity index is 3.75. The van der Waals surface area contributed by atoms with E-state index in [1.165, 1.54) is 19.3 Å². The monoisotopic (exact) mass is 141 g/mol. The van der Waals surface area contributed by atoms with Gasteiger partial charge in [0.25, 0.3) is 0 Å². The molecule has 56 valence electrons. The Morgan fingerprint density at radius 2 is 2.20 bits per heavy atom. The summed E-state index contributed by atoms with van der Waals surface area (Å²) < 4.78 is 4.32. The van der Waals surface area contributed by atoms with E-state index in [1.807, 2.05) is 6.92 Å². The van der Waals surface area contributed by atoms with Gasteiger partial charge in [-0.25, -0.2) is 4.79 Å². The zero-order valence-corrected chi connectivity index (χ0v) is 6.18. The number of hydrogen-bond acceptors (Lipinski definition) is 3. The summed E-state index contributed by atoms with van der Waals surface area (Å²) in [6.07, 6.45) is 3.31. The number of esters is 1. The number of carbonyl (C=O) groups excluding carboxylic acids is 1. The smallest absolute Gasteiger partial charge is 0.330 e. The van der Waals surface area contributed by atoms with Crippen molar-refractivity contribution >= 4 is 11.7 Å². The summed E-state index contributed by atoms with van der Waals surface area (Å²) >= 11 is 0. The molecule has 0 atom stereocenters. The summed E-state index contributed by atoms with van der Waals surface area (Å²) in [6.45, 7) is 1.85. The molecule has 0 saturated heterocycles. The predicted octanol–water partition coefficient (Wildman–Crippen LogP) is 1.15. The molecule has 3 heteroatoms. The SMILES string of the molecule is CCC(=N)/C=C/C(=O)OC. The van der Waals surface area contributed by atoms with Gasteiger partial charge in [-0.3, -0.25) is 0 Å². The van der Waals surface area contributed by atoms with Crippen LogP contribution in [0, 0.1) is 5.41 Å². The minimum absolute atomic E-state index is 0.418. The standard InChI is InChI=1S/C7H11NO2/c1-3-6(8)4-5-7(9)10-2/h4-5,8H,3H2,1-2H3/b5-4+,8-6?. The predicted molar refractivity (Wildman–Crippen MR) is 39.2 cm³/mol. The van der Waals surface area contributed by atoms with Crippen molar-refractivity contribution < 1.29 is 9.53 Å². The molecule has 1 N–H and O–H groups in total. The molecule has 0 fully saturated rings. The number of methoxy groups -OCH3 is 1. The lowest BCUT2D eigenvalue weighted by Crippen LogP contribution is -1.96. The maximum Gasteiger partial charge on any atom is 0.330 e. The first kappa shape index (κ1) is 8.88. The zero-order chi connectivity index (χ0) is 7.98. The molecule has 0 spiro atoms. The number of carbonyl (C=O) groups is 1. The van der Waals surface area contributed by atoms with Gasteiger partial charge in [0.2, 0.25) is 0 Å². The van der Waals surface area contributed by atoms with Crippen LogP contribution in [-0.2, 0) is 9.53 Å². The number of nitrogens with one attached hydrogen (secondary N) is 1. The third kappa shape index (κ3) is 3.83. The molecule has 0 unspecified atom stereocenters. The molecule has 0 aliphatic rings. The van der Waals surface area contributed by atoms with Crippen LogP contribution in [0.25, 0.3) is 0 Å². The quantitative estimate of drug-likeness (QED) is 0.364. The van der Waals surface area contributed by atoms with Gasteiger partial charge in [0, 0.05) is 11.8 Å². The van der Waals surface area contributed by atoms with Crippen molar-refractivity contribution in [3.8, 4) is 0 Å². The van der Waals surface area contributed by atoms with E-state index in [4.69, 9.17) is 5.41 Å². The van der Waals surface area contributed by atoms with Crippen LogP contribution in [0.3, 0.4) is 0 Å². The second-order valence-corrected chi connectivity index (χ2v) is 1.74. The molecule has 0 bridgehead atoms. The summed E-state index contributed by atoms with van der Waals surface area (Å²) in [5.41, 5.74) is 0.422. The van der Waals surface area contributed by atoms with E-state index in [0.29, 0.717) is 12.1 Å². The minimum Gasteiger partial charge on any atom is -0.466 e. The fraction of sp³-hybridized carbons (Fsp3) is 0.429. The van der Waals surface area contributed by atoms with Crippen LogP contribution < -0.4 is 0 Å². The largest absolute Gasteiger partial charge is 0.466 e. The number of allylic oxidation sites excluding steroid dienone is 1. The molecular weight excluding hydrogens is 130 g/mol. The molecule has 0 aromatic rings. The molecule has 10 heavy (non-hydrogen) atoms. The molecule has 0 rings (SSSR count). The van der Waals surface area contributed by atoms with Crippen molar-refractivity contribution in [2.75, 3.05) is 7.11 Å². The van der Waals surface area contributed by atoms with Gasteiger partial charge < -0.3 is 10.1 Å². The first-order valence-corrected chi connectivity index (χ1v) is 3.04. The van der Waals surface area contributed by atoms with Crippen LogP contribution >= 0.6 is 0 Å². The van der Waals surface area contributed by atoms with Crippen LogP contribution in [0.15, 0.2) is 12.2 Å². The van der Waals surface area contributed by atoms with Crippen molar-refractivity contribution in [2.45, 2.75) is 13.3 Å². The fourth-order valence-electron chi connectivity index (χ4n) is 0.355. The lowest BCUT2D eigenvalue weighted by Gasteiger charge is -1.89. The van der Waals surface area contributed by atoms with Gasteiger partial charge in [-0.1, -0.05) is 6.92 Å². The van der Waals surface area contributed by atoms with Gasteiger partial charge in [-0.2, -0.15) is 0 Å². The summed E-state index contributed by atoms with van der Waals surface area (Å²) in [4.78, 5) is 10.4. The molecule has 0 heterocycles. The number of hydrogen-bond donors (Lipinski definition) is 1. The van der Waals surface area contributed by atoms with Crippen LogP contribution in [0.4, 0.5) is 0 Å². The van der Waals surface area contributed by atoms with E-state index in [1.54, 1.807) is 0 Å². The number of rotatable bonds is 3. The highest BCUT2D eigenvalue weighted by Gasteiger charge is 1.90. The Hall–Kier alpha value is -1.12. The Morgan fingerprint density at radius 1 is 1.60 bits per heavy atom. The average Bonchev–Trinajstić information content (AvgIpc) is 1.99. The Kier molecular flexibility index (Phi) is 4.20. The molecule has 0 aromatic carbocycles. The Morgan fingerprint density at radius 3 is 2.60 bits per heavy atom. The van der Waals surface area contributed by atoms with Crippen LogP contribution in [0.5, 0.6) is 0 Å². The lowest BCUT2D eigenvalue weighted by molar-refractivity contribution is -0.134. The van der Waals surface area contributed by atoms with Crippen molar-refractivity contribution in [3.63, 3.8) is 0 Å². The van der Waals surface area contributed by atoms with Crippen molar-refractivity contribution in [2.24, 2.45) is 0 Å². The molecule has 0 radical (unpaired) electrons. The van der Waals surface area contributed by atoms with E-state index in [9.17, 15) is 4.79 Å². The highest BCUT2D eigenvalue weighted by Crippen LogP contribution is 1.84. The minimum atomic E-state index is -0.418. The second-order valence-electron chi connectivity index (χ2n) is 1.74. The van der Waals surface area contributed by atoms with E-state index in [0.717, 1.165) is 0 Å². The molecule has 0 aliphatic carbocycles. The first-order valence-electron chi connectivity index (χ1n) is 3.04. The highest BCUT2D eigenvalue weighted by molar-refractivity contribution is 5.97. The molecular formula is C7H11NO2. The van der Waals surface area contributed by atoms with Gasteiger partial charge in [0.1, 0.15) is 0 Å². The molecule has 0 aromatic heterocycles. The van der Waals surface area contributed by atoms with Gasteiger partial charge >= 0.3 is 5.97 Å². The zero-order valence-electron chi connectivity index (χ0n) is 6.18. The van der Waals surface area contributed by atoms with Gasteiger partial charge in [-0.15, -0.1) is 0 Å². The second kappa shape index (κ2) is 4.73. The van der Waals surface area contributed by atoms with Crippen molar-refractivity contribution in [1.82, 2.24) is 0 Å². The molecule has 0 saturated carbocycles. The summed E-state index contributed by atoms with van der Waals surface area (Å²) in [7, 11) is 1.31. The third-order valence-corrected chi connectivity index (χ3v) is 1.00. The van der Waals surface area contributed by atoms with E-state index < -0.39 is 5.97 Å². The molecule has 0 amide bonds. The summed E-state index contributed by atoms with van der Waals surface area (Å²) in [5.74, 6) is -0.418. The van der Waals surface area contributed by atoms with Gasteiger partial charge in [-0.05, 0) is 12.5 Å². The normalized spacial score (nSPS) is 9.80. The average molecular weight is 141 g/mol. The number of ether oxygens (including phenoxy) is 1. The van der Waals surface area contributed by atoms with Crippen LogP contribution in [-0.4, -0.2) is 18.8 Å². The van der Waals surface area contributed by atoms with Crippen molar-refractivity contribution in [1.29, 1.82) is 5.41 Å². The van der Waals surface area contributed by atoms with Gasteiger partial charge in [0.05, 0.1) is 7.11 Å². The summed E-state index contributed by atoms with van der Waals surface area (Å²) in [5, 5.41) is 7.11. The molecule has 0 aliphatic heterocycles.